The highest BCUT2D eigenvalue weighted by Gasteiger charge is 2.11. The number of rotatable bonds is 6. The van der Waals surface area contributed by atoms with Gasteiger partial charge in [0.2, 0.25) is 5.91 Å². The Bertz CT molecular complexity index is 438. The minimum atomic E-state index is -0.324. The maximum Gasteiger partial charge on any atom is 0.242 e. The highest BCUT2D eigenvalue weighted by Crippen LogP contribution is 2.10. The van der Waals surface area contributed by atoms with Crippen LogP contribution in [0, 0.1) is 12.3 Å². The second kappa shape index (κ2) is 7.36. The number of ether oxygens (including phenoxy) is 1. The lowest BCUT2D eigenvalue weighted by molar-refractivity contribution is -0.121. The zero-order valence-electron chi connectivity index (χ0n) is 10.7. The molecule has 0 saturated heterocycles. The molecule has 0 aromatic heterocycles. The SMILES string of the molecule is C#Cc1cccc(NC(C)C(=O)NCCOC)c1. The van der Waals surface area contributed by atoms with Crippen molar-refractivity contribution < 1.29 is 9.53 Å². The van der Waals surface area contributed by atoms with E-state index in [1.807, 2.05) is 24.3 Å². The molecule has 1 aromatic carbocycles. The van der Waals surface area contributed by atoms with Crippen molar-refractivity contribution in [1.29, 1.82) is 0 Å². The van der Waals surface area contributed by atoms with Crippen LogP contribution in [0.4, 0.5) is 5.69 Å². The van der Waals surface area contributed by atoms with Crippen LogP contribution in [-0.2, 0) is 9.53 Å². The van der Waals surface area contributed by atoms with Crippen molar-refractivity contribution in [2.45, 2.75) is 13.0 Å². The molecular formula is C14H18N2O2. The van der Waals surface area contributed by atoms with Crippen molar-refractivity contribution in [3.63, 3.8) is 0 Å². The molecule has 4 heteroatoms. The molecule has 1 unspecified atom stereocenters. The Hall–Kier alpha value is -1.99. The second-order valence-corrected chi connectivity index (χ2v) is 3.87. The molecule has 0 fully saturated rings. The average molecular weight is 246 g/mol. The molecule has 0 aliphatic rings. The van der Waals surface area contributed by atoms with E-state index in [0.29, 0.717) is 13.2 Å². The van der Waals surface area contributed by atoms with Crippen molar-refractivity contribution in [2.75, 3.05) is 25.6 Å². The summed E-state index contributed by atoms with van der Waals surface area (Å²) in [6.07, 6.45) is 5.32. The topological polar surface area (TPSA) is 50.4 Å². The number of amides is 1. The normalized spacial score (nSPS) is 11.4. The van der Waals surface area contributed by atoms with Crippen molar-refractivity contribution in [3.05, 3.63) is 29.8 Å². The van der Waals surface area contributed by atoms with Crippen LogP contribution >= 0.6 is 0 Å². The molecule has 1 aromatic rings. The molecule has 0 heterocycles. The smallest absolute Gasteiger partial charge is 0.242 e. The number of terminal acetylenes is 1. The molecule has 1 amide bonds. The summed E-state index contributed by atoms with van der Waals surface area (Å²) in [6, 6.07) is 7.08. The number of hydrogen-bond donors (Lipinski definition) is 2. The van der Waals surface area contributed by atoms with E-state index in [1.54, 1.807) is 14.0 Å². The first-order chi connectivity index (χ1) is 8.67. The maximum atomic E-state index is 11.7. The maximum absolute atomic E-state index is 11.7. The van der Waals surface area contributed by atoms with Gasteiger partial charge >= 0.3 is 0 Å². The molecule has 0 aliphatic carbocycles. The summed E-state index contributed by atoms with van der Waals surface area (Å²) in [4.78, 5) is 11.7. The number of anilines is 1. The van der Waals surface area contributed by atoms with Crippen molar-refractivity contribution in [2.24, 2.45) is 0 Å². The van der Waals surface area contributed by atoms with Crippen LogP contribution in [0.3, 0.4) is 0 Å². The van der Waals surface area contributed by atoms with E-state index in [2.05, 4.69) is 16.6 Å². The Morgan fingerprint density at radius 1 is 1.56 bits per heavy atom. The van der Waals surface area contributed by atoms with E-state index < -0.39 is 0 Å². The lowest BCUT2D eigenvalue weighted by Gasteiger charge is -2.15. The van der Waals surface area contributed by atoms with Gasteiger partial charge in [-0.15, -0.1) is 6.42 Å². The second-order valence-electron chi connectivity index (χ2n) is 3.87. The molecule has 1 atom stereocenters. The van der Waals surface area contributed by atoms with Gasteiger partial charge in [-0.05, 0) is 25.1 Å². The molecule has 4 nitrogen and oxygen atoms in total. The third kappa shape index (κ3) is 4.48. The van der Waals surface area contributed by atoms with Crippen LogP contribution in [0.5, 0.6) is 0 Å². The molecule has 18 heavy (non-hydrogen) atoms. The van der Waals surface area contributed by atoms with Crippen molar-refractivity contribution in [3.8, 4) is 12.3 Å². The van der Waals surface area contributed by atoms with Crippen LogP contribution in [-0.4, -0.2) is 32.2 Å². The number of benzene rings is 1. The van der Waals surface area contributed by atoms with Crippen LogP contribution in [0.25, 0.3) is 0 Å². The first-order valence-electron chi connectivity index (χ1n) is 5.77. The third-order valence-corrected chi connectivity index (χ3v) is 2.41. The van der Waals surface area contributed by atoms with E-state index in [-0.39, 0.29) is 11.9 Å². The van der Waals surface area contributed by atoms with Gasteiger partial charge < -0.3 is 15.4 Å². The van der Waals surface area contributed by atoms with Gasteiger partial charge in [0.05, 0.1) is 6.61 Å². The van der Waals surface area contributed by atoms with E-state index in [4.69, 9.17) is 11.2 Å². The van der Waals surface area contributed by atoms with Gasteiger partial charge in [0.1, 0.15) is 6.04 Å². The zero-order valence-corrected chi connectivity index (χ0v) is 10.7. The molecule has 0 radical (unpaired) electrons. The minimum Gasteiger partial charge on any atom is -0.383 e. The van der Waals surface area contributed by atoms with E-state index in [1.165, 1.54) is 0 Å². The predicted molar refractivity (Wildman–Crippen MR) is 72.3 cm³/mol. The summed E-state index contributed by atoms with van der Waals surface area (Å²) in [5, 5.41) is 5.86. The largest absolute Gasteiger partial charge is 0.383 e. The number of carbonyl (C=O) groups excluding carboxylic acids is 1. The number of carbonyl (C=O) groups is 1. The predicted octanol–water partition coefficient (Wildman–Crippen LogP) is 1.23. The van der Waals surface area contributed by atoms with Gasteiger partial charge in [0.15, 0.2) is 0 Å². The molecule has 0 bridgehead atoms. The Kier molecular flexibility index (Phi) is 5.75. The summed E-state index contributed by atoms with van der Waals surface area (Å²) >= 11 is 0. The van der Waals surface area contributed by atoms with Crippen LogP contribution in [0.2, 0.25) is 0 Å². The van der Waals surface area contributed by atoms with E-state index in [9.17, 15) is 4.79 Å². The number of methoxy groups -OCH3 is 1. The highest BCUT2D eigenvalue weighted by molar-refractivity contribution is 5.84. The van der Waals surface area contributed by atoms with Gasteiger partial charge in [-0.25, -0.2) is 0 Å². The van der Waals surface area contributed by atoms with Crippen LogP contribution < -0.4 is 10.6 Å². The first kappa shape index (κ1) is 14.1. The standard InChI is InChI=1S/C14H18N2O2/c1-4-12-6-5-7-13(10-12)16-11(2)14(17)15-8-9-18-3/h1,5-7,10-11,16H,8-9H2,2-3H3,(H,15,17). The summed E-state index contributed by atoms with van der Waals surface area (Å²) in [5.74, 6) is 2.48. The number of hydrogen-bond acceptors (Lipinski definition) is 3. The van der Waals surface area contributed by atoms with Crippen molar-refractivity contribution in [1.82, 2.24) is 5.32 Å². The minimum absolute atomic E-state index is 0.0711. The van der Waals surface area contributed by atoms with Gasteiger partial charge in [-0.2, -0.15) is 0 Å². The molecular weight excluding hydrogens is 228 g/mol. The Balaban J connectivity index is 2.50. The lowest BCUT2D eigenvalue weighted by atomic mass is 10.2. The summed E-state index contributed by atoms with van der Waals surface area (Å²) in [5.41, 5.74) is 1.62. The Morgan fingerprint density at radius 2 is 2.33 bits per heavy atom. The molecule has 2 N–H and O–H groups in total. The van der Waals surface area contributed by atoms with Gasteiger partial charge in [-0.3, -0.25) is 4.79 Å². The highest BCUT2D eigenvalue weighted by atomic mass is 16.5. The zero-order chi connectivity index (χ0) is 13.4. The lowest BCUT2D eigenvalue weighted by Crippen LogP contribution is -2.39. The van der Waals surface area contributed by atoms with Gasteiger partial charge in [0, 0.05) is 24.9 Å². The van der Waals surface area contributed by atoms with Crippen LogP contribution in [0.1, 0.15) is 12.5 Å². The van der Waals surface area contributed by atoms with Crippen LogP contribution in [0.15, 0.2) is 24.3 Å². The molecule has 1 rings (SSSR count). The van der Waals surface area contributed by atoms with E-state index in [0.717, 1.165) is 11.3 Å². The third-order valence-electron chi connectivity index (χ3n) is 2.41. The average Bonchev–Trinajstić information content (AvgIpc) is 2.39. The van der Waals surface area contributed by atoms with Gasteiger partial charge in [-0.1, -0.05) is 12.0 Å². The molecule has 96 valence electrons. The Labute approximate surface area is 108 Å². The fourth-order valence-electron chi connectivity index (χ4n) is 1.44. The monoisotopic (exact) mass is 246 g/mol. The van der Waals surface area contributed by atoms with Gasteiger partial charge in [0.25, 0.3) is 0 Å². The quantitative estimate of drug-likeness (QED) is 0.586. The molecule has 0 saturated carbocycles. The molecule has 0 spiro atoms. The first-order valence-corrected chi connectivity index (χ1v) is 5.77. The Morgan fingerprint density at radius 3 is 3.00 bits per heavy atom. The molecule has 0 aliphatic heterocycles. The summed E-state index contributed by atoms with van der Waals surface area (Å²) < 4.78 is 4.86. The van der Waals surface area contributed by atoms with Crippen molar-refractivity contribution >= 4 is 11.6 Å². The van der Waals surface area contributed by atoms with E-state index >= 15 is 0 Å². The number of nitrogens with one attached hydrogen (secondary N) is 2. The fourth-order valence-corrected chi connectivity index (χ4v) is 1.44. The summed E-state index contributed by atoms with van der Waals surface area (Å²) in [7, 11) is 1.60. The summed E-state index contributed by atoms with van der Waals surface area (Å²) in [6.45, 7) is 2.81. The fraction of sp³-hybridized carbons (Fsp3) is 0.357.